The van der Waals surface area contributed by atoms with Crippen molar-refractivity contribution in [3.05, 3.63) is 88.7 Å². The minimum atomic E-state index is -0.110. The number of rotatable bonds is 5. The number of nitrogens with one attached hydrogen (secondary N) is 2. The maximum absolute atomic E-state index is 12.9. The van der Waals surface area contributed by atoms with E-state index in [-0.39, 0.29) is 17.7 Å². The molecule has 0 spiro atoms. The Morgan fingerprint density at radius 1 is 1.03 bits per heavy atom. The van der Waals surface area contributed by atoms with Crippen LogP contribution in [0.1, 0.15) is 39.1 Å². The van der Waals surface area contributed by atoms with Gasteiger partial charge in [-0.25, -0.2) is 0 Å². The molecule has 4 aromatic rings. The van der Waals surface area contributed by atoms with Crippen molar-refractivity contribution in [1.82, 2.24) is 15.3 Å². The van der Waals surface area contributed by atoms with Crippen LogP contribution in [0.25, 0.3) is 22.2 Å². The van der Waals surface area contributed by atoms with E-state index in [0.29, 0.717) is 33.0 Å². The van der Waals surface area contributed by atoms with Gasteiger partial charge in [-0.1, -0.05) is 29.8 Å². The van der Waals surface area contributed by atoms with Crippen molar-refractivity contribution in [3.8, 4) is 11.3 Å². The lowest BCUT2D eigenvalue weighted by Crippen LogP contribution is -2.25. The number of nitrogens with zero attached hydrogens (tertiary/aromatic N) is 1. The summed E-state index contributed by atoms with van der Waals surface area (Å²) in [5.74, 6) is -0.211. The van der Waals surface area contributed by atoms with E-state index in [4.69, 9.17) is 11.6 Å². The number of benzene rings is 2. The summed E-state index contributed by atoms with van der Waals surface area (Å²) in [4.78, 5) is 32.9. The first-order chi connectivity index (χ1) is 14.6. The number of hydrogen-bond donors (Lipinski definition) is 2. The van der Waals surface area contributed by atoms with Gasteiger partial charge in [0.25, 0.3) is 5.91 Å². The number of pyridine rings is 1. The Hall–Kier alpha value is -3.44. The zero-order chi connectivity index (χ0) is 20.7. The maximum Gasteiger partial charge on any atom is 0.251 e. The Balaban J connectivity index is 1.43. The summed E-state index contributed by atoms with van der Waals surface area (Å²) in [5.41, 5.74) is 3.82. The zero-order valence-corrected chi connectivity index (χ0v) is 16.7. The second-order valence-corrected chi connectivity index (χ2v) is 7.86. The van der Waals surface area contributed by atoms with Crippen LogP contribution in [0.15, 0.2) is 67.0 Å². The summed E-state index contributed by atoms with van der Waals surface area (Å²) in [6.07, 6.45) is 5.33. The number of aromatic amines is 1. The Labute approximate surface area is 178 Å². The number of hydrogen-bond acceptors (Lipinski definition) is 3. The smallest absolute Gasteiger partial charge is 0.251 e. The SMILES string of the molecule is O=C(NC1CC1)c1ccc(Cl)c(-c2ccc(C(=O)c3c[nH]c4ccccc34)cn2)c1. The van der Waals surface area contributed by atoms with Crippen LogP contribution in [0.2, 0.25) is 5.02 Å². The van der Waals surface area contributed by atoms with Gasteiger partial charge < -0.3 is 10.3 Å². The van der Waals surface area contributed by atoms with E-state index in [9.17, 15) is 9.59 Å². The first kappa shape index (κ1) is 18.6. The van der Waals surface area contributed by atoms with Crippen molar-refractivity contribution in [1.29, 1.82) is 0 Å². The monoisotopic (exact) mass is 415 g/mol. The largest absolute Gasteiger partial charge is 0.360 e. The third kappa shape index (κ3) is 3.48. The molecule has 2 N–H and O–H groups in total. The molecule has 5 nitrogen and oxygen atoms in total. The van der Waals surface area contributed by atoms with Crippen LogP contribution in [0, 0.1) is 0 Å². The Kier molecular flexibility index (Phi) is 4.60. The number of carbonyl (C=O) groups excluding carboxylic acids is 2. The highest BCUT2D eigenvalue weighted by atomic mass is 35.5. The summed E-state index contributed by atoms with van der Waals surface area (Å²) in [6, 6.07) is 16.6. The molecule has 2 heterocycles. The van der Waals surface area contributed by atoms with Gasteiger partial charge >= 0.3 is 0 Å². The van der Waals surface area contributed by atoms with Crippen molar-refractivity contribution in [3.63, 3.8) is 0 Å². The molecule has 5 rings (SSSR count). The quantitative estimate of drug-likeness (QED) is 0.450. The number of fused-ring (bicyclic) bond motifs is 1. The minimum Gasteiger partial charge on any atom is -0.360 e. The topological polar surface area (TPSA) is 74.8 Å². The molecule has 1 amide bonds. The molecule has 0 unspecified atom stereocenters. The predicted molar refractivity (Wildman–Crippen MR) is 117 cm³/mol. The summed E-state index contributed by atoms with van der Waals surface area (Å²) in [6.45, 7) is 0. The molecule has 148 valence electrons. The average molecular weight is 416 g/mol. The normalized spacial score (nSPS) is 13.4. The van der Waals surface area contributed by atoms with Gasteiger partial charge in [-0.15, -0.1) is 0 Å². The lowest BCUT2D eigenvalue weighted by molar-refractivity contribution is 0.0950. The first-order valence-electron chi connectivity index (χ1n) is 9.78. The maximum atomic E-state index is 12.9. The third-order valence-electron chi connectivity index (χ3n) is 5.28. The zero-order valence-electron chi connectivity index (χ0n) is 16.0. The van der Waals surface area contributed by atoms with Crippen molar-refractivity contribution in [2.24, 2.45) is 0 Å². The number of aromatic nitrogens is 2. The van der Waals surface area contributed by atoms with E-state index in [1.165, 1.54) is 0 Å². The molecule has 0 bridgehead atoms. The molecule has 30 heavy (non-hydrogen) atoms. The fourth-order valence-electron chi connectivity index (χ4n) is 3.46. The van der Waals surface area contributed by atoms with E-state index in [1.807, 2.05) is 24.3 Å². The summed E-state index contributed by atoms with van der Waals surface area (Å²) < 4.78 is 0. The number of H-pyrrole nitrogens is 1. The number of para-hydroxylation sites is 1. The van der Waals surface area contributed by atoms with E-state index in [2.05, 4.69) is 15.3 Å². The predicted octanol–water partition coefficient (Wildman–Crippen LogP) is 5.01. The van der Waals surface area contributed by atoms with Crippen LogP contribution in [-0.2, 0) is 0 Å². The third-order valence-corrected chi connectivity index (χ3v) is 5.61. The molecule has 0 atom stereocenters. The molecular formula is C24H18ClN3O2. The molecule has 2 aromatic carbocycles. The van der Waals surface area contributed by atoms with Gasteiger partial charge in [0.1, 0.15) is 0 Å². The van der Waals surface area contributed by atoms with Crippen molar-refractivity contribution < 1.29 is 9.59 Å². The molecule has 1 aliphatic rings. The van der Waals surface area contributed by atoms with Crippen molar-refractivity contribution in [2.75, 3.05) is 0 Å². The van der Waals surface area contributed by atoms with Crippen LogP contribution in [0.5, 0.6) is 0 Å². The number of ketones is 1. The average Bonchev–Trinajstić information content (AvgIpc) is 3.48. The minimum absolute atomic E-state index is 0.102. The standard InChI is InChI=1S/C24H18ClN3O2/c25-20-9-5-14(24(30)28-16-7-8-16)11-18(20)22-10-6-15(12-26-22)23(29)19-13-27-21-4-2-1-3-17(19)21/h1-6,9-13,16,27H,7-8H2,(H,28,30). The lowest BCUT2D eigenvalue weighted by atomic mass is 10.0. The van der Waals surface area contributed by atoms with E-state index in [1.54, 1.807) is 42.7 Å². The summed E-state index contributed by atoms with van der Waals surface area (Å²) >= 11 is 6.36. The number of halogens is 1. The van der Waals surface area contributed by atoms with Gasteiger partial charge in [0, 0.05) is 51.6 Å². The molecular weight excluding hydrogens is 398 g/mol. The molecule has 6 heteroatoms. The molecule has 0 radical (unpaired) electrons. The van der Waals surface area contributed by atoms with Gasteiger partial charge in [-0.3, -0.25) is 14.6 Å². The lowest BCUT2D eigenvalue weighted by Gasteiger charge is -2.09. The fraction of sp³-hybridized carbons (Fsp3) is 0.125. The van der Waals surface area contributed by atoms with Gasteiger partial charge in [0.2, 0.25) is 0 Å². The molecule has 1 aliphatic carbocycles. The van der Waals surface area contributed by atoms with Gasteiger partial charge in [0.15, 0.2) is 5.78 Å². The second kappa shape index (κ2) is 7.43. The Bertz CT molecular complexity index is 1270. The second-order valence-electron chi connectivity index (χ2n) is 7.45. The van der Waals surface area contributed by atoms with E-state index in [0.717, 1.165) is 23.7 Å². The Morgan fingerprint density at radius 2 is 1.83 bits per heavy atom. The fourth-order valence-corrected chi connectivity index (χ4v) is 3.68. The first-order valence-corrected chi connectivity index (χ1v) is 10.2. The van der Waals surface area contributed by atoms with Crippen LogP contribution in [-0.4, -0.2) is 27.7 Å². The van der Waals surface area contributed by atoms with E-state index < -0.39 is 0 Å². The number of carbonyl (C=O) groups is 2. The molecule has 1 saturated carbocycles. The van der Waals surface area contributed by atoms with Crippen molar-refractivity contribution in [2.45, 2.75) is 18.9 Å². The highest BCUT2D eigenvalue weighted by Gasteiger charge is 2.24. The molecule has 0 saturated heterocycles. The van der Waals surface area contributed by atoms with Crippen molar-refractivity contribution >= 4 is 34.2 Å². The van der Waals surface area contributed by atoms with Crippen LogP contribution >= 0.6 is 11.6 Å². The molecule has 2 aromatic heterocycles. The highest BCUT2D eigenvalue weighted by molar-refractivity contribution is 6.33. The molecule has 1 fully saturated rings. The molecule has 0 aliphatic heterocycles. The summed E-state index contributed by atoms with van der Waals surface area (Å²) in [7, 11) is 0. The van der Waals surface area contributed by atoms with Gasteiger partial charge in [0.05, 0.1) is 10.7 Å². The number of amides is 1. The van der Waals surface area contributed by atoms with E-state index >= 15 is 0 Å². The van der Waals surface area contributed by atoms with Crippen LogP contribution in [0.3, 0.4) is 0 Å². The Morgan fingerprint density at radius 3 is 2.60 bits per heavy atom. The van der Waals surface area contributed by atoms with Crippen LogP contribution < -0.4 is 5.32 Å². The highest BCUT2D eigenvalue weighted by Crippen LogP contribution is 2.29. The van der Waals surface area contributed by atoms with Crippen LogP contribution in [0.4, 0.5) is 0 Å². The van der Waals surface area contributed by atoms with Gasteiger partial charge in [-0.05, 0) is 49.2 Å². The summed E-state index contributed by atoms with van der Waals surface area (Å²) in [5, 5.41) is 4.35. The van der Waals surface area contributed by atoms with Gasteiger partial charge in [-0.2, -0.15) is 0 Å².